The van der Waals surface area contributed by atoms with Crippen LogP contribution in [-0.4, -0.2) is 31.8 Å². The van der Waals surface area contributed by atoms with Gasteiger partial charge in [0.15, 0.2) is 11.5 Å². The van der Waals surface area contributed by atoms with E-state index in [4.69, 9.17) is 14.6 Å². The standard InChI is InChI=1S/C11H15NO4/c1-15-9-4-3-8(5-10(9)16-2)6-12-7-11(13)14/h3-5,12H,6-7H2,1-2H3,(H,13,14). The minimum absolute atomic E-state index is 0.0612. The molecular weight excluding hydrogens is 210 g/mol. The molecule has 0 heterocycles. The Hall–Kier alpha value is -1.75. The number of ether oxygens (including phenoxy) is 2. The van der Waals surface area contributed by atoms with Crippen molar-refractivity contribution >= 4 is 5.97 Å². The van der Waals surface area contributed by atoms with E-state index in [9.17, 15) is 4.79 Å². The van der Waals surface area contributed by atoms with Gasteiger partial charge in [0.25, 0.3) is 0 Å². The number of hydrogen-bond acceptors (Lipinski definition) is 4. The molecule has 2 N–H and O–H groups in total. The zero-order valence-corrected chi connectivity index (χ0v) is 9.32. The van der Waals surface area contributed by atoms with Crippen molar-refractivity contribution in [2.75, 3.05) is 20.8 Å². The maximum atomic E-state index is 10.3. The van der Waals surface area contributed by atoms with Crippen LogP contribution in [0.4, 0.5) is 0 Å². The number of hydrogen-bond donors (Lipinski definition) is 2. The highest BCUT2D eigenvalue weighted by Crippen LogP contribution is 2.27. The van der Waals surface area contributed by atoms with Crippen LogP contribution in [-0.2, 0) is 11.3 Å². The molecule has 0 atom stereocenters. The molecule has 5 nitrogen and oxygen atoms in total. The van der Waals surface area contributed by atoms with Crippen LogP contribution in [0.25, 0.3) is 0 Å². The Morgan fingerprint density at radius 2 is 2.00 bits per heavy atom. The number of carbonyl (C=O) groups is 1. The van der Waals surface area contributed by atoms with E-state index < -0.39 is 5.97 Å². The largest absolute Gasteiger partial charge is 0.493 e. The molecule has 0 spiro atoms. The lowest BCUT2D eigenvalue weighted by Crippen LogP contribution is -2.21. The van der Waals surface area contributed by atoms with E-state index in [0.717, 1.165) is 5.56 Å². The molecule has 0 saturated heterocycles. The van der Waals surface area contributed by atoms with Gasteiger partial charge in [0.2, 0.25) is 0 Å². The van der Waals surface area contributed by atoms with Crippen LogP contribution in [0.15, 0.2) is 18.2 Å². The van der Waals surface area contributed by atoms with E-state index in [1.165, 1.54) is 0 Å². The minimum atomic E-state index is -0.875. The van der Waals surface area contributed by atoms with Crippen molar-refractivity contribution in [2.45, 2.75) is 6.54 Å². The number of carboxylic acids is 1. The summed E-state index contributed by atoms with van der Waals surface area (Å²) in [5.74, 6) is 0.419. The maximum Gasteiger partial charge on any atom is 0.317 e. The zero-order valence-electron chi connectivity index (χ0n) is 9.32. The molecular formula is C11H15NO4. The van der Waals surface area contributed by atoms with E-state index in [1.807, 2.05) is 12.1 Å². The summed E-state index contributed by atoms with van der Waals surface area (Å²) < 4.78 is 10.2. The molecule has 0 unspecified atom stereocenters. The highest BCUT2D eigenvalue weighted by atomic mass is 16.5. The zero-order chi connectivity index (χ0) is 12.0. The van der Waals surface area contributed by atoms with Gasteiger partial charge in [-0.05, 0) is 17.7 Å². The van der Waals surface area contributed by atoms with E-state index in [0.29, 0.717) is 18.0 Å². The molecule has 0 saturated carbocycles. The smallest absolute Gasteiger partial charge is 0.317 e. The first kappa shape index (κ1) is 12.3. The van der Waals surface area contributed by atoms with Crippen LogP contribution in [0.1, 0.15) is 5.56 Å². The summed E-state index contributed by atoms with van der Waals surface area (Å²) in [6.45, 7) is 0.418. The van der Waals surface area contributed by atoms with Gasteiger partial charge in [0.1, 0.15) is 0 Å². The van der Waals surface area contributed by atoms with E-state index in [2.05, 4.69) is 5.32 Å². The second-order valence-electron chi connectivity index (χ2n) is 3.19. The number of benzene rings is 1. The Morgan fingerprint density at radius 1 is 1.31 bits per heavy atom. The number of carboxylic acid groups (broad SMARTS) is 1. The van der Waals surface area contributed by atoms with Gasteiger partial charge in [-0.1, -0.05) is 6.07 Å². The van der Waals surface area contributed by atoms with Crippen LogP contribution >= 0.6 is 0 Å². The minimum Gasteiger partial charge on any atom is -0.493 e. The van der Waals surface area contributed by atoms with Crippen molar-refractivity contribution in [1.29, 1.82) is 0 Å². The number of nitrogens with one attached hydrogen (secondary N) is 1. The van der Waals surface area contributed by atoms with Gasteiger partial charge in [0.05, 0.1) is 20.8 Å². The number of rotatable bonds is 6. The summed E-state index contributed by atoms with van der Waals surface area (Å²) in [6.07, 6.45) is 0. The molecule has 0 bridgehead atoms. The van der Waals surface area contributed by atoms with E-state index in [-0.39, 0.29) is 6.54 Å². The average Bonchev–Trinajstić information content (AvgIpc) is 2.28. The summed E-state index contributed by atoms with van der Waals surface area (Å²) in [4.78, 5) is 10.3. The van der Waals surface area contributed by atoms with Crippen molar-refractivity contribution in [3.63, 3.8) is 0 Å². The third-order valence-electron chi connectivity index (χ3n) is 2.05. The molecule has 0 aromatic heterocycles. The predicted molar refractivity (Wildman–Crippen MR) is 58.9 cm³/mol. The summed E-state index contributed by atoms with van der Waals surface area (Å²) >= 11 is 0. The summed E-state index contributed by atoms with van der Waals surface area (Å²) in [7, 11) is 3.13. The highest BCUT2D eigenvalue weighted by molar-refractivity contribution is 5.69. The van der Waals surface area contributed by atoms with Gasteiger partial charge in [-0.15, -0.1) is 0 Å². The van der Waals surface area contributed by atoms with E-state index in [1.54, 1.807) is 20.3 Å². The maximum absolute atomic E-state index is 10.3. The van der Waals surface area contributed by atoms with Crippen molar-refractivity contribution in [2.24, 2.45) is 0 Å². The van der Waals surface area contributed by atoms with Gasteiger partial charge >= 0.3 is 5.97 Å². The molecule has 0 aliphatic rings. The van der Waals surface area contributed by atoms with Crippen molar-refractivity contribution in [3.8, 4) is 11.5 Å². The Morgan fingerprint density at radius 3 is 2.56 bits per heavy atom. The fourth-order valence-corrected chi connectivity index (χ4v) is 1.30. The van der Waals surface area contributed by atoms with Crippen LogP contribution in [0.5, 0.6) is 11.5 Å². The van der Waals surface area contributed by atoms with Gasteiger partial charge in [-0.2, -0.15) is 0 Å². The number of methoxy groups -OCH3 is 2. The summed E-state index contributed by atoms with van der Waals surface area (Å²) in [5.41, 5.74) is 0.943. The monoisotopic (exact) mass is 225 g/mol. The first-order chi connectivity index (χ1) is 7.67. The second-order valence-corrected chi connectivity index (χ2v) is 3.19. The first-order valence-corrected chi connectivity index (χ1v) is 4.80. The van der Waals surface area contributed by atoms with E-state index >= 15 is 0 Å². The van der Waals surface area contributed by atoms with Crippen molar-refractivity contribution in [3.05, 3.63) is 23.8 Å². The normalized spacial score (nSPS) is 9.88. The van der Waals surface area contributed by atoms with Crippen molar-refractivity contribution in [1.82, 2.24) is 5.32 Å². The van der Waals surface area contributed by atoms with Crippen LogP contribution in [0.3, 0.4) is 0 Å². The van der Waals surface area contributed by atoms with Crippen LogP contribution in [0, 0.1) is 0 Å². The third kappa shape index (κ3) is 3.43. The molecule has 0 amide bonds. The molecule has 0 aliphatic carbocycles. The predicted octanol–water partition coefficient (Wildman–Crippen LogP) is 0.878. The van der Waals surface area contributed by atoms with Gasteiger partial charge in [-0.25, -0.2) is 0 Å². The molecule has 1 aromatic rings. The SMILES string of the molecule is COc1ccc(CNCC(=O)O)cc1OC. The number of aliphatic carboxylic acids is 1. The Labute approximate surface area is 94.0 Å². The first-order valence-electron chi connectivity index (χ1n) is 4.80. The highest BCUT2D eigenvalue weighted by Gasteiger charge is 2.04. The molecule has 5 heteroatoms. The van der Waals surface area contributed by atoms with Gasteiger partial charge in [-0.3, -0.25) is 4.79 Å². The summed E-state index contributed by atoms with van der Waals surface area (Å²) in [6, 6.07) is 5.46. The molecule has 0 radical (unpaired) electrons. The summed E-state index contributed by atoms with van der Waals surface area (Å²) in [5, 5.41) is 11.3. The quantitative estimate of drug-likeness (QED) is 0.752. The molecule has 1 aromatic carbocycles. The molecule has 16 heavy (non-hydrogen) atoms. The second kappa shape index (κ2) is 5.97. The lowest BCUT2D eigenvalue weighted by atomic mass is 10.2. The average molecular weight is 225 g/mol. The lowest BCUT2D eigenvalue weighted by molar-refractivity contribution is -0.135. The third-order valence-corrected chi connectivity index (χ3v) is 2.05. The van der Waals surface area contributed by atoms with Crippen LogP contribution in [0.2, 0.25) is 0 Å². The van der Waals surface area contributed by atoms with Crippen LogP contribution < -0.4 is 14.8 Å². The fraction of sp³-hybridized carbons (Fsp3) is 0.364. The van der Waals surface area contributed by atoms with Gasteiger partial charge < -0.3 is 19.9 Å². The molecule has 88 valence electrons. The Kier molecular flexibility index (Phi) is 4.60. The molecule has 1 rings (SSSR count). The Balaban J connectivity index is 2.64. The van der Waals surface area contributed by atoms with Gasteiger partial charge in [0, 0.05) is 6.54 Å². The molecule has 0 fully saturated rings. The molecule has 0 aliphatic heterocycles. The fourth-order valence-electron chi connectivity index (χ4n) is 1.30. The Bertz CT molecular complexity index is 365. The lowest BCUT2D eigenvalue weighted by Gasteiger charge is -2.09. The van der Waals surface area contributed by atoms with Crippen molar-refractivity contribution < 1.29 is 19.4 Å². The topological polar surface area (TPSA) is 67.8 Å².